The summed E-state index contributed by atoms with van der Waals surface area (Å²) >= 11 is 0. The molecule has 0 unspecified atom stereocenters. The number of carbonyl (C=O) groups excluding carboxylic acids is 1. The standard InChI is InChI=1S/C12H22N4O2/c1-12(2,3)10-9(8-16(4)15-10)7-14-5-6-18-11(13)17/h8,14H,5-7H2,1-4H3,(H2,13,17). The molecule has 0 aromatic carbocycles. The van der Waals surface area contributed by atoms with Crippen molar-refractivity contribution in [3.8, 4) is 0 Å². The van der Waals surface area contributed by atoms with Gasteiger partial charge >= 0.3 is 6.09 Å². The van der Waals surface area contributed by atoms with Gasteiger partial charge in [0.25, 0.3) is 0 Å². The Hall–Kier alpha value is -1.56. The van der Waals surface area contributed by atoms with Crippen LogP contribution < -0.4 is 11.1 Å². The van der Waals surface area contributed by atoms with Crippen LogP contribution in [0.5, 0.6) is 0 Å². The summed E-state index contributed by atoms with van der Waals surface area (Å²) in [4.78, 5) is 10.4. The number of carbonyl (C=O) groups is 1. The minimum atomic E-state index is -0.742. The zero-order valence-electron chi connectivity index (χ0n) is 11.5. The third-order valence-electron chi connectivity index (χ3n) is 2.45. The third-order valence-corrected chi connectivity index (χ3v) is 2.45. The molecule has 0 bridgehead atoms. The molecule has 1 heterocycles. The van der Waals surface area contributed by atoms with Crippen LogP contribution in [0.1, 0.15) is 32.0 Å². The first kappa shape index (κ1) is 14.5. The van der Waals surface area contributed by atoms with E-state index in [2.05, 4.69) is 35.9 Å². The Morgan fingerprint density at radius 2 is 2.22 bits per heavy atom. The van der Waals surface area contributed by atoms with Crippen LogP contribution in [0.2, 0.25) is 0 Å². The van der Waals surface area contributed by atoms with Gasteiger partial charge in [-0.15, -0.1) is 0 Å². The SMILES string of the molecule is Cn1cc(CNCCOC(N)=O)c(C(C)(C)C)n1. The first-order valence-electron chi connectivity index (χ1n) is 5.96. The second kappa shape index (κ2) is 5.86. The molecule has 3 N–H and O–H groups in total. The van der Waals surface area contributed by atoms with Crippen LogP contribution in [0.3, 0.4) is 0 Å². The highest BCUT2D eigenvalue weighted by atomic mass is 16.5. The minimum Gasteiger partial charge on any atom is -0.448 e. The normalized spacial score (nSPS) is 11.6. The summed E-state index contributed by atoms with van der Waals surface area (Å²) in [6, 6.07) is 0. The summed E-state index contributed by atoms with van der Waals surface area (Å²) in [6.07, 6.45) is 1.26. The Morgan fingerprint density at radius 1 is 1.56 bits per heavy atom. The highest BCUT2D eigenvalue weighted by Crippen LogP contribution is 2.23. The Labute approximate surface area is 107 Å². The van der Waals surface area contributed by atoms with Crippen LogP contribution in [0.4, 0.5) is 4.79 Å². The number of aryl methyl sites for hydroxylation is 1. The second-order valence-corrected chi connectivity index (χ2v) is 5.27. The van der Waals surface area contributed by atoms with Crippen molar-refractivity contribution in [2.45, 2.75) is 32.7 Å². The Kier molecular flexibility index (Phi) is 4.72. The zero-order chi connectivity index (χ0) is 13.8. The predicted molar refractivity (Wildman–Crippen MR) is 69.2 cm³/mol. The molecule has 0 aliphatic rings. The smallest absolute Gasteiger partial charge is 0.404 e. The number of hydrogen-bond acceptors (Lipinski definition) is 4. The van der Waals surface area contributed by atoms with E-state index in [1.54, 1.807) is 0 Å². The maximum absolute atomic E-state index is 10.4. The van der Waals surface area contributed by atoms with Crippen LogP contribution in [-0.4, -0.2) is 29.0 Å². The lowest BCUT2D eigenvalue weighted by Gasteiger charge is -2.17. The minimum absolute atomic E-state index is 0.0159. The fourth-order valence-corrected chi connectivity index (χ4v) is 1.75. The van der Waals surface area contributed by atoms with Crippen molar-refractivity contribution in [2.24, 2.45) is 12.8 Å². The summed E-state index contributed by atoms with van der Waals surface area (Å²) in [5.74, 6) is 0. The van der Waals surface area contributed by atoms with E-state index in [-0.39, 0.29) is 12.0 Å². The average molecular weight is 254 g/mol. The van der Waals surface area contributed by atoms with Crippen LogP contribution in [0, 0.1) is 0 Å². The van der Waals surface area contributed by atoms with Crippen molar-refractivity contribution in [3.05, 3.63) is 17.5 Å². The summed E-state index contributed by atoms with van der Waals surface area (Å²) in [7, 11) is 1.91. The van der Waals surface area contributed by atoms with Gasteiger partial charge in [-0.3, -0.25) is 4.68 Å². The number of nitrogens with one attached hydrogen (secondary N) is 1. The van der Waals surface area contributed by atoms with E-state index in [0.717, 1.165) is 11.3 Å². The third kappa shape index (κ3) is 4.37. The van der Waals surface area contributed by atoms with Gasteiger partial charge in [0.2, 0.25) is 0 Å². The Balaban J connectivity index is 2.49. The molecule has 1 aromatic rings. The van der Waals surface area contributed by atoms with Crippen molar-refractivity contribution in [3.63, 3.8) is 0 Å². The largest absolute Gasteiger partial charge is 0.448 e. The molecule has 0 atom stereocenters. The van der Waals surface area contributed by atoms with E-state index >= 15 is 0 Å². The molecule has 0 aliphatic carbocycles. The van der Waals surface area contributed by atoms with E-state index in [4.69, 9.17) is 5.73 Å². The second-order valence-electron chi connectivity index (χ2n) is 5.27. The lowest BCUT2D eigenvalue weighted by molar-refractivity contribution is 0.157. The van der Waals surface area contributed by atoms with Gasteiger partial charge in [-0.05, 0) is 0 Å². The van der Waals surface area contributed by atoms with Gasteiger partial charge in [-0.1, -0.05) is 20.8 Å². The van der Waals surface area contributed by atoms with E-state index in [1.165, 1.54) is 0 Å². The van der Waals surface area contributed by atoms with Gasteiger partial charge in [-0.2, -0.15) is 5.10 Å². The van der Waals surface area contributed by atoms with Gasteiger partial charge in [0.15, 0.2) is 0 Å². The van der Waals surface area contributed by atoms with Crippen molar-refractivity contribution in [1.29, 1.82) is 0 Å². The predicted octanol–water partition coefficient (Wildman–Crippen LogP) is 0.902. The molecule has 0 aliphatic heterocycles. The number of rotatable bonds is 5. The molecule has 0 saturated carbocycles. The van der Waals surface area contributed by atoms with E-state index in [0.29, 0.717) is 13.1 Å². The zero-order valence-corrected chi connectivity index (χ0v) is 11.5. The van der Waals surface area contributed by atoms with Crippen LogP contribution in [0.25, 0.3) is 0 Å². The molecule has 0 saturated heterocycles. The molecule has 6 nitrogen and oxygen atoms in total. The Bertz CT molecular complexity index is 407. The van der Waals surface area contributed by atoms with Crippen LogP contribution in [-0.2, 0) is 23.7 Å². The van der Waals surface area contributed by atoms with Crippen molar-refractivity contribution in [2.75, 3.05) is 13.2 Å². The first-order chi connectivity index (χ1) is 8.30. The number of nitrogens with zero attached hydrogens (tertiary/aromatic N) is 2. The lowest BCUT2D eigenvalue weighted by atomic mass is 9.89. The molecular weight excluding hydrogens is 232 g/mol. The van der Waals surface area contributed by atoms with Gasteiger partial charge < -0.3 is 15.8 Å². The molecule has 0 spiro atoms. The number of amides is 1. The van der Waals surface area contributed by atoms with E-state index in [9.17, 15) is 4.79 Å². The van der Waals surface area contributed by atoms with Gasteiger partial charge in [-0.25, -0.2) is 4.79 Å². The highest BCUT2D eigenvalue weighted by Gasteiger charge is 2.21. The van der Waals surface area contributed by atoms with Crippen molar-refractivity contribution < 1.29 is 9.53 Å². The highest BCUT2D eigenvalue weighted by molar-refractivity contribution is 5.64. The summed E-state index contributed by atoms with van der Waals surface area (Å²) in [6.45, 7) is 7.95. The molecule has 0 fully saturated rings. The number of hydrogen-bond donors (Lipinski definition) is 2. The first-order valence-corrected chi connectivity index (χ1v) is 5.96. The summed E-state index contributed by atoms with van der Waals surface area (Å²) in [5.41, 5.74) is 7.12. The molecular formula is C12H22N4O2. The quantitative estimate of drug-likeness (QED) is 0.765. The topological polar surface area (TPSA) is 82.2 Å². The molecule has 1 aromatic heterocycles. The molecule has 6 heteroatoms. The maximum atomic E-state index is 10.4. The lowest BCUT2D eigenvalue weighted by Crippen LogP contribution is -2.24. The van der Waals surface area contributed by atoms with Gasteiger partial charge in [0.05, 0.1) is 5.69 Å². The molecule has 18 heavy (non-hydrogen) atoms. The monoisotopic (exact) mass is 254 g/mol. The van der Waals surface area contributed by atoms with Crippen LogP contribution in [0.15, 0.2) is 6.20 Å². The summed E-state index contributed by atoms with van der Waals surface area (Å²) < 4.78 is 6.46. The molecule has 1 amide bonds. The van der Waals surface area contributed by atoms with Gasteiger partial charge in [0, 0.05) is 37.3 Å². The fraction of sp³-hybridized carbons (Fsp3) is 0.667. The van der Waals surface area contributed by atoms with Crippen molar-refractivity contribution in [1.82, 2.24) is 15.1 Å². The molecule has 0 radical (unpaired) electrons. The average Bonchev–Trinajstić information content (AvgIpc) is 2.58. The number of aromatic nitrogens is 2. The molecule has 102 valence electrons. The Morgan fingerprint density at radius 3 is 2.78 bits per heavy atom. The fourth-order valence-electron chi connectivity index (χ4n) is 1.75. The van der Waals surface area contributed by atoms with Crippen LogP contribution >= 0.6 is 0 Å². The molecule has 1 rings (SSSR count). The summed E-state index contributed by atoms with van der Waals surface area (Å²) in [5, 5.41) is 7.68. The number of nitrogens with two attached hydrogens (primary N) is 1. The van der Waals surface area contributed by atoms with E-state index < -0.39 is 6.09 Å². The number of ether oxygens (including phenoxy) is 1. The van der Waals surface area contributed by atoms with Gasteiger partial charge in [0.1, 0.15) is 6.61 Å². The van der Waals surface area contributed by atoms with E-state index in [1.807, 2.05) is 17.9 Å². The maximum Gasteiger partial charge on any atom is 0.404 e. The number of primary amides is 1. The van der Waals surface area contributed by atoms with Crippen molar-refractivity contribution >= 4 is 6.09 Å².